The molecule has 0 amide bonds. The van der Waals surface area contributed by atoms with Crippen LogP contribution in [0.1, 0.15) is 25.7 Å². The maximum Gasteiger partial charge on any atom is 0.300 e. The average molecular weight is 355 g/mol. The molecule has 0 spiro atoms. The molecule has 0 atom stereocenters. The van der Waals surface area contributed by atoms with Crippen LogP contribution in [0.3, 0.4) is 0 Å². The van der Waals surface area contributed by atoms with Gasteiger partial charge in [-0.3, -0.25) is 10.1 Å². The fourth-order valence-corrected chi connectivity index (χ4v) is 5.62. The van der Waals surface area contributed by atoms with Gasteiger partial charge in [-0.25, -0.2) is 8.42 Å². The summed E-state index contributed by atoms with van der Waals surface area (Å²) in [5, 5.41) is 19.7. The van der Waals surface area contributed by atoms with Crippen molar-refractivity contribution >= 4 is 38.6 Å². The van der Waals surface area contributed by atoms with Gasteiger partial charge in [0, 0.05) is 25.3 Å². The van der Waals surface area contributed by atoms with Crippen LogP contribution in [0.15, 0.2) is 10.3 Å². The van der Waals surface area contributed by atoms with Gasteiger partial charge in [-0.2, -0.15) is 4.31 Å². The quantitative estimate of drug-likeness (QED) is 0.597. The minimum absolute atomic E-state index is 0.0959. The summed E-state index contributed by atoms with van der Waals surface area (Å²) < 4.78 is 26.3. The molecule has 0 saturated heterocycles. The summed E-state index contributed by atoms with van der Waals surface area (Å²) in [7, 11) is -3.82. The second kappa shape index (κ2) is 6.57. The molecule has 7 nitrogen and oxygen atoms in total. The van der Waals surface area contributed by atoms with Gasteiger partial charge >= 0.3 is 0 Å². The molecule has 0 aromatic carbocycles. The molecule has 0 bridgehead atoms. The summed E-state index contributed by atoms with van der Waals surface area (Å²) in [6, 6.07) is 0.911. The Hall–Kier alpha value is -0.740. The molecule has 0 radical (unpaired) electrons. The van der Waals surface area contributed by atoms with E-state index in [1.54, 1.807) is 0 Å². The van der Waals surface area contributed by atoms with E-state index in [2.05, 4.69) is 0 Å². The average Bonchev–Trinajstić information content (AvgIpc) is 2.74. The fraction of sp³-hybridized carbons (Fsp3) is 0.636. The molecule has 1 aliphatic rings. The van der Waals surface area contributed by atoms with Crippen LogP contribution < -0.4 is 0 Å². The van der Waals surface area contributed by atoms with Crippen LogP contribution in [0.4, 0.5) is 5.69 Å². The first-order valence-corrected chi connectivity index (χ1v) is 9.08. The Morgan fingerprint density at radius 3 is 2.62 bits per heavy atom. The molecule has 21 heavy (non-hydrogen) atoms. The lowest BCUT2D eigenvalue weighted by Gasteiger charge is -2.36. The number of hydrogen-bond donors (Lipinski definition) is 1. The van der Waals surface area contributed by atoms with E-state index in [4.69, 9.17) is 16.7 Å². The Balaban J connectivity index is 2.33. The first-order valence-electron chi connectivity index (χ1n) is 6.44. The van der Waals surface area contributed by atoms with Crippen LogP contribution in [0.5, 0.6) is 0 Å². The largest absolute Gasteiger partial charge is 0.396 e. The lowest BCUT2D eigenvalue weighted by atomic mass is 9.93. The minimum Gasteiger partial charge on any atom is -0.396 e. The number of hydrogen-bond acceptors (Lipinski definition) is 6. The Morgan fingerprint density at radius 2 is 2.19 bits per heavy atom. The maximum absolute atomic E-state index is 12.6. The number of rotatable bonds is 7. The van der Waals surface area contributed by atoms with Gasteiger partial charge in [-0.1, -0.05) is 18.0 Å². The predicted octanol–water partition coefficient (Wildman–Crippen LogP) is 2.24. The minimum atomic E-state index is -3.82. The number of aliphatic hydroxyl groups excluding tert-OH is 1. The van der Waals surface area contributed by atoms with Gasteiger partial charge in [0.15, 0.2) is 4.34 Å². The van der Waals surface area contributed by atoms with Crippen LogP contribution >= 0.6 is 22.9 Å². The molecule has 2 rings (SSSR count). The molecule has 1 fully saturated rings. The standard InChI is InChI=1S/C11H15ClN2O5S2/c12-11-9(14(16)17)7-10(20-11)21(18,19)13(5-2-6-15)8-3-1-4-8/h7-8,15H,1-6H2. The van der Waals surface area contributed by atoms with Gasteiger partial charge in [0.2, 0.25) is 0 Å². The fourth-order valence-electron chi connectivity index (χ4n) is 2.11. The first-order chi connectivity index (χ1) is 9.87. The zero-order chi connectivity index (χ0) is 15.6. The van der Waals surface area contributed by atoms with Crippen molar-refractivity contribution in [3.63, 3.8) is 0 Å². The third-order valence-electron chi connectivity index (χ3n) is 3.42. The molecule has 1 heterocycles. The van der Waals surface area contributed by atoms with E-state index < -0.39 is 20.6 Å². The first kappa shape index (κ1) is 16.6. The molecular weight excluding hydrogens is 340 g/mol. The van der Waals surface area contributed by atoms with Gasteiger partial charge in [0.05, 0.1) is 4.92 Å². The number of thiophene rings is 1. The maximum atomic E-state index is 12.6. The Bertz CT molecular complexity index is 627. The highest BCUT2D eigenvalue weighted by Gasteiger charge is 2.37. The highest BCUT2D eigenvalue weighted by atomic mass is 35.5. The predicted molar refractivity (Wildman–Crippen MR) is 79.2 cm³/mol. The van der Waals surface area contributed by atoms with Crippen molar-refractivity contribution in [3.05, 3.63) is 20.5 Å². The van der Waals surface area contributed by atoms with E-state index >= 15 is 0 Å². The van der Waals surface area contributed by atoms with E-state index in [9.17, 15) is 18.5 Å². The van der Waals surface area contributed by atoms with Crippen molar-refractivity contribution in [2.45, 2.75) is 35.9 Å². The number of aliphatic hydroxyl groups is 1. The summed E-state index contributed by atoms with van der Waals surface area (Å²) in [4.78, 5) is 10.1. The zero-order valence-corrected chi connectivity index (χ0v) is 13.5. The van der Waals surface area contributed by atoms with Crippen molar-refractivity contribution in [1.29, 1.82) is 0 Å². The number of nitro groups is 1. The van der Waals surface area contributed by atoms with Gasteiger partial charge < -0.3 is 5.11 Å². The van der Waals surface area contributed by atoms with Crippen LogP contribution in [0.25, 0.3) is 0 Å². The molecule has 0 aliphatic heterocycles. The lowest BCUT2D eigenvalue weighted by molar-refractivity contribution is -0.384. The molecule has 118 valence electrons. The number of halogens is 1. The monoisotopic (exact) mass is 354 g/mol. The van der Waals surface area contributed by atoms with E-state index in [1.807, 2.05) is 0 Å². The van der Waals surface area contributed by atoms with Crippen molar-refractivity contribution in [2.75, 3.05) is 13.2 Å². The summed E-state index contributed by atoms with van der Waals surface area (Å²) in [6.45, 7) is 0.0941. The second-order valence-corrected chi connectivity index (χ2v) is 8.53. The highest BCUT2D eigenvalue weighted by molar-refractivity contribution is 7.91. The van der Waals surface area contributed by atoms with Crippen LogP contribution in [-0.4, -0.2) is 41.9 Å². The van der Waals surface area contributed by atoms with Crippen LogP contribution in [-0.2, 0) is 10.0 Å². The summed E-state index contributed by atoms with van der Waals surface area (Å²) in [6.07, 6.45) is 2.83. The Morgan fingerprint density at radius 1 is 1.52 bits per heavy atom. The third-order valence-corrected chi connectivity index (χ3v) is 7.16. The molecule has 1 aromatic rings. The van der Waals surface area contributed by atoms with E-state index in [1.165, 1.54) is 4.31 Å². The second-order valence-electron chi connectivity index (χ2n) is 4.76. The van der Waals surface area contributed by atoms with E-state index in [0.717, 1.165) is 25.3 Å². The van der Waals surface area contributed by atoms with Crippen molar-refractivity contribution in [3.8, 4) is 0 Å². The summed E-state index contributed by atoms with van der Waals surface area (Å²) in [5.74, 6) is 0. The molecule has 1 saturated carbocycles. The normalized spacial score (nSPS) is 16.1. The molecular formula is C11H15ClN2O5S2. The van der Waals surface area contributed by atoms with Crippen molar-refractivity contribution < 1.29 is 18.4 Å². The van der Waals surface area contributed by atoms with E-state index in [-0.39, 0.29) is 27.7 Å². The van der Waals surface area contributed by atoms with Crippen molar-refractivity contribution in [2.24, 2.45) is 0 Å². The van der Waals surface area contributed by atoms with E-state index in [0.29, 0.717) is 17.8 Å². The summed E-state index contributed by atoms with van der Waals surface area (Å²) in [5.41, 5.74) is -0.393. The van der Waals surface area contributed by atoms with Gasteiger partial charge in [0.25, 0.3) is 15.7 Å². The smallest absolute Gasteiger partial charge is 0.300 e. The zero-order valence-electron chi connectivity index (χ0n) is 11.1. The molecule has 1 N–H and O–H groups in total. The lowest BCUT2D eigenvalue weighted by Crippen LogP contribution is -2.44. The topological polar surface area (TPSA) is 101 Å². The molecule has 0 unspecified atom stereocenters. The van der Waals surface area contributed by atoms with Gasteiger partial charge in [-0.05, 0) is 19.3 Å². The molecule has 10 heteroatoms. The van der Waals surface area contributed by atoms with Crippen molar-refractivity contribution in [1.82, 2.24) is 4.31 Å². The SMILES string of the molecule is O=[N+]([O-])c1cc(S(=O)(=O)N(CCCO)C2CCC2)sc1Cl. The van der Waals surface area contributed by atoms with Gasteiger partial charge in [-0.15, -0.1) is 11.3 Å². The Kier molecular flexibility index (Phi) is 5.20. The molecule has 1 aliphatic carbocycles. The Labute approximate surface area is 131 Å². The number of sulfonamides is 1. The highest BCUT2D eigenvalue weighted by Crippen LogP contribution is 2.39. The molecule has 1 aromatic heterocycles. The summed E-state index contributed by atoms with van der Waals surface area (Å²) >= 11 is 6.43. The van der Waals surface area contributed by atoms with Crippen LogP contribution in [0.2, 0.25) is 4.34 Å². The van der Waals surface area contributed by atoms with Gasteiger partial charge in [0.1, 0.15) is 4.21 Å². The van der Waals surface area contributed by atoms with Crippen LogP contribution in [0, 0.1) is 10.1 Å². The third kappa shape index (κ3) is 3.37. The number of nitrogens with zero attached hydrogens (tertiary/aromatic N) is 2.